The van der Waals surface area contributed by atoms with Crippen LogP contribution in [0.4, 0.5) is 9.18 Å². The lowest BCUT2D eigenvalue weighted by atomic mass is 10.2. The first-order chi connectivity index (χ1) is 11.5. The number of amides is 2. The lowest BCUT2D eigenvalue weighted by Crippen LogP contribution is -2.17. The van der Waals surface area contributed by atoms with Crippen molar-refractivity contribution in [3.05, 3.63) is 70.4 Å². The van der Waals surface area contributed by atoms with Gasteiger partial charge in [0, 0.05) is 0 Å². The first-order valence-electron chi connectivity index (χ1n) is 6.84. The summed E-state index contributed by atoms with van der Waals surface area (Å²) in [6.07, 6.45) is 1.51. The van der Waals surface area contributed by atoms with Crippen molar-refractivity contribution in [2.75, 3.05) is 0 Å². The summed E-state index contributed by atoms with van der Waals surface area (Å²) in [4.78, 5) is 34.9. The van der Waals surface area contributed by atoms with E-state index in [4.69, 9.17) is 4.74 Å². The minimum Gasteiger partial charge on any atom is -0.423 e. The molecule has 0 unspecified atom stereocenters. The first-order valence-corrected chi connectivity index (χ1v) is 7.66. The number of carbonyl (C=O) groups excluding carboxylic acids is 3. The number of nitrogens with one attached hydrogen (secondary N) is 1. The van der Waals surface area contributed by atoms with E-state index in [9.17, 15) is 18.8 Å². The van der Waals surface area contributed by atoms with E-state index < -0.39 is 22.9 Å². The van der Waals surface area contributed by atoms with Crippen molar-refractivity contribution in [3.8, 4) is 5.75 Å². The molecule has 24 heavy (non-hydrogen) atoms. The molecule has 2 aromatic rings. The number of rotatable bonds is 3. The van der Waals surface area contributed by atoms with Crippen LogP contribution in [0.1, 0.15) is 15.9 Å². The van der Waals surface area contributed by atoms with Gasteiger partial charge in [-0.3, -0.25) is 14.9 Å². The van der Waals surface area contributed by atoms with Gasteiger partial charge < -0.3 is 4.74 Å². The summed E-state index contributed by atoms with van der Waals surface area (Å²) in [5, 5.41) is 1.71. The Bertz CT molecular complexity index is 878. The van der Waals surface area contributed by atoms with Crippen LogP contribution in [0.15, 0.2) is 53.4 Å². The van der Waals surface area contributed by atoms with E-state index in [1.807, 2.05) is 0 Å². The predicted octanol–water partition coefficient (Wildman–Crippen LogP) is 3.37. The zero-order chi connectivity index (χ0) is 17.1. The minimum absolute atomic E-state index is 0.169. The van der Waals surface area contributed by atoms with Gasteiger partial charge in [-0.2, -0.15) is 0 Å². The molecule has 5 nitrogen and oxygen atoms in total. The molecule has 0 radical (unpaired) electrons. The molecule has 1 aliphatic rings. The van der Waals surface area contributed by atoms with Gasteiger partial charge in [0.1, 0.15) is 11.6 Å². The second-order valence-electron chi connectivity index (χ2n) is 4.79. The van der Waals surface area contributed by atoms with Crippen LogP contribution in [0, 0.1) is 5.82 Å². The van der Waals surface area contributed by atoms with Crippen molar-refractivity contribution in [3.63, 3.8) is 0 Å². The van der Waals surface area contributed by atoms with Gasteiger partial charge in [-0.25, -0.2) is 9.18 Å². The zero-order valence-corrected chi connectivity index (χ0v) is 12.9. The van der Waals surface area contributed by atoms with Gasteiger partial charge in [0.25, 0.3) is 11.1 Å². The molecule has 1 N–H and O–H groups in total. The van der Waals surface area contributed by atoms with Crippen molar-refractivity contribution in [1.82, 2.24) is 5.32 Å². The molecule has 2 aromatic carbocycles. The lowest BCUT2D eigenvalue weighted by molar-refractivity contribution is -0.115. The van der Waals surface area contributed by atoms with Crippen LogP contribution in [0.25, 0.3) is 6.08 Å². The van der Waals surface area contributed by atoms with E-state index in [0.717, 1.165) is 11.8 Å². The molecule has 0 spiro atoms. The van der Waals surface area contributed by atoms with Gasteiger partial charge in [0.05, 0.1) is 10.5 Å². The Hall–Kier alpha value is -2.93. The molecule has 1 aliphatic heterocycles. The van der Waals surface area contributed by atoms with Gasteiger partial charge in [-0.05, 0) is 47.7 Å². The highest BCUT2D eigenvalue weighted by atomic mass is 32.2. The van der Waals surface area contributed by atoms with Gasteiger partial charge in [-0.1, -0.05) is 24.3 Å². The van der Waals surface area contributed by atoms with E-state index in [-0.39, 0.29) is 16.2 Å². The van der Waals surface area contributed by atoms with Crippen LogP contribution in [0.2, 0.25) is 0 Å². The zero-order valence-electron chi connectivity index (χ0n) is 12.1. The third-order valence-corrected chi connectivity index (χ3v) is 3.91. The second-order valence-corrected chi connectivity index (χ2v) is 5.81. The van der Waals surface area contributed by atoms with Crippen LogP contribution >= 0.6 is 11.8 Å². The fourth-order valence-corrected chi connectivity index (χ4v) is 2.71. The quantitative estimate of drug-likeness (QED) is 0.525. The van der Waals surface area contributed by atoms with E-state index in [0.29, 0.717) is 5.56 Å². The Morgan fingerprint density at radius 1 is 1.12 bits per heavy atom. The van der Waals surface area contributed by atoms with Gasteiger partial charge in [0.2, 0.25) is 0 Å². The van der Waals surface area contributed by atoms with Crippen LogP contribution in [0.3, 0.4) is 0 Å². The SMILES string of the molecule is O=C1NC(=O)/C(=C\c2cccc(OC(=O)c3ccccc3F)c2)S1. The molecule has 7 heteroatoms. The van der Waals surface area contributed by atoms with Crippen molar-refractivity contribution >= 4 is 35.0 Å². The average Bonchev–Trinajstić information content (AvgIpc) is 2.85. The largest absolute Gasteiger partial charge is 0.423 e. The number of benzene rings is 2. The molecule has 0 saturated carbocycles. The number of thioether (sulfide) groups is 1. The Labute approximate surface area is 140 Å². The maximum absolute atomic E-state index is 13.6. The maximum Gasteiger partial charge on any atom is 0.346 e. The fraction of sp³-hybridized carbons (Fsp3) is 0. The third kappa shape index (κ3) is 3.52. The number of carbonyl (C=O) groups is 3. The lowest BCUT2D eigenvalue weighted by Gasteiger charge is -2.06. The highest BCUT2D eigenvalue weighted by molar-refractivity contribution is 8.18. The Morgan fingerprint density at radius 2 is 1.92 bits per heavy atom. The van der Waals surface area contributed by atoms with Crippen LogP contribution in [-0.2, 0) is 4.79 Å². The molecule has 0 aliphatic carbocycles. The smallest absolute Gasteiger partial charge is 0.346 e. The number of esters is 1. The predicted molar refractivity (Wildman–Crippen MR) is 86.9 cm³/mol. The minimum atomic E-state index is -0.818. The number of hydrogen-bond donors (Lipinski definition) is 1. The normalized spacial score (nSPS) is 15.5. The van der Waals surface area contributed by atoms with Crippen LogP contribution < -0.4 is 10.1 Å². The molecule has 2 amide bonds. The molecule has 0 atom stereocenters. The van der Waals surface area contributed by atoms with Gasteiger partial charge in [0.15, 0.2) is 0 Å². The summed E-state index contributed by atoms with van der Waals surface area (Å²) in [6, 6.07) is 11.9. The number of halogens is 1. The van der Waals surface area contributed by atoms with E-state index in [1.165, 1.54) is 42.5 Å². The molecular weight excluding hydrogens is 333 g/mol. The summed E-state index contributed by atoms with van der Waals surface area (Å²) < 4.78 is 18.7. The third-order valence-electron chi connectivity index (χ3n) is 3.10. The molecule has 1 saturated heterocycles. The summed E-state index contributed by atoms with van der Waals surface area (Å²) in [5.74, 6) is -1.76. The van der Waals surface area contributed by atoms with Gasteiger partial charge >= 0.3 is 5.97 Å². The Morgan fingerprint density at radius 3 is 2.62 bits per heavy atom. The molecule has 0 aromatic heterocycles. The van der Waals surface area contributed by atoms with Gasteiger partial charge in [-0.15, -0.1) is 0 Å². The van der Waals surface area contributed by atoms with Crippen molar-refractivity contribution in [1.29, 1.82) is 0 Å². The first kappa shape index (κ1) is 15.9. The summed E-state index contributed by atoms with van der Waals surface area (Å²) in [7, 11) is 0. The number of hydrogen-bond acceptors (Lipinski definition) is 5. The number of ether oxygens (including phenoxy) is 1. The van der Waals surface area contributed by atoms with E-state index in [2.05, 4.69) is 5.32 Å². The second kappa shape index (κ2) is 6.67. The Kier molecular flexibility index (Phi) is 4.43. The van der Waals surface area contributed by atoms with Crippen molar-refractivity contribution in [2.24, 2.45) is 0 Å². The maximum atomic E-state index is 13.6. The highest BCUT2D eigenvalue weighted by Crippen LogP contribution is 2.26. The van der Waals surface area contributed by atoms with E-state index >= 15 is 0 Å². The van der Waals surface area contributed by atoms with Crippen LogP contribution in [-0.4, -0.2) is 17.1 Å². The number of imide groups is 1. The van der Waals surface area contributed by atoms with E-state index in [1.54, 1.807) is 12.1 Å². The molecule has 0 bridgehead atoms. The molecular formula is C17H10FNO4S. The molecule has 3 rings (SSSR count). The molecule has 1 fully saturated rings. The monoisotopic (exact) mass is 343 g/mol. The fourth-order valence-electron chi connectivity index (χ4n) is 2.03. The molecule has 1 heterocycles. The standard InChI is InChI=1S/C17H10FNO4S/c18-13-7-2-1-6-12(13)16(21)23-11-5-3-4-10(8-11)9-14-15(20)19-17(22)24-14/h1-9H,(H,19,20,22)/b14-9+. The van der Waals surface area contributed by atoms with Crippen LogP contribution in [0.5, 0.6) is 5.75 Å². The highest BCUT2D eigenvalue weighted by Gasteiger charge is 2.25. The Balaban J connectivity index is 1.80. The van der Waals surface area contributed by atoms with Crippen molar-refractivity contribution in [2.45, 2.75) is 0 Å². The van der Waals surface area contributed by atoms with Crippen molar-refractivity contribution < 1.29 is 23.5 Å². The summed E-state index contributed by atoms with van der Waals surface area (Å²) in [5.41, 5.74) is 0.402. The topological polar surface area (TPSA) is 72.5 Å². The molecule has 120 valence electrons. The average molecular weight is 343 g/mol. The summed E-state index contributed by atoms with van der Waals surface area (Å²) in [6.45, 7) is 0. The summed E-state index contributed by atoms with van der Waals surface area (Å²) >= 11 is 0.791.